The second kappa shape index (κ2) is 8.34. The van der Waals surface area contributed by atoms with E-state index in [9.17, 15) is 13.2 Å². The summed E-state index contributed by atoms with van der Waals surface area (Å²) < 4.78 is 27.8. The molecule has 0 spiro atoms. The highest BCUT2D eigenvalue weighted by Gasteiger charge is 2.19. The van der Waals surface area contributed by atoms with Gasteiger partial charge in [-0.15, -0.1) is 0 Å². The maximum atomic E-state index is 12.4. The van der Waals surface area contributed by atoms with E-state index in [2.05, 4.69) is 10.3 Å². The number of amides is 1. The summed E-state index contributed by atoms with van der Waals surface area (Å²) in [6, 6.07) is 14.6. The van der Waals surface area contributed by atoms with Crippen molar-refractivity contribution in [1.82, 2.24) is 19.2 Å². The summed E-state index contributed by atoms with van der Waals surface area (Å²) in [7, 11) is 1.35. The lowest BCUT2D eigenvalue weighted by Gasteiger charge is -2.14. The van der Waals surface area contributed by atoms with Gasteiger partial charge in [0.2, 0.25) is 15.9 Å². The fourth-order valence-corrected chi connectivity index (χ4v) is 4.11. The Balaban J connectivity index is 1.72. The molecule has 0 aliphatic carbocycles. The van der Waals surface area contributed by atoms with Gasteiger partial charge >= 0.3 is 0 Å². The number of hydrogen-bond acceptors (Lipinski definition) is 4. The van der Waals surface area contributed by atoms with Crippen molar-refractivity contribution >= 4 is 27.0 Å². The summed E-state index contributed by atoms with van der Waals surface area (Å²) in [5.41, 5.74) is 2.48. The van der Waals surface area contributed by atoms with Crippen molar-refractivity contribution in [2.45, 2.75) is 30.7 Å². The summed E-state index contributed by atoms with van der Waals surface area (Å²) in [5, 5.41) is 3.00. The van der Waals surface area contributed by atoms with E-state index in [1.807, 2.05) is 48.9 Å². The van der Waals surface area contributed by atoms with Crippen LogP contribution in [0.3, 0.4) is 0 Å². The Labute approximate surface area is 171 Å². The third kappa shape index (κ3) is 4.49. The Morgan fingerprint density at radius 1 is 1.17 bits per heavy atom. The minimum atomic E-state index is -3.52. The van der Waals surface area contributed by atoms with E-state index in [1.54, 1.807) is 18.2 Å². The number of carbonyl (C=O) groups excluding carboxylic acids is 1. The van der Waals surface area contributed by atoms with E-state index in [4.69, 9.17) is 0 Å². The fourth-order valence-electron chi connectivity index (χ4n) is 3.19. The largest absolute Gasteiger partial charge is 0.350 e. The van der Waals surface area contributed by atoms with Crippen molar-refractivity contribution in [3.63, 3.8) is 0 Å². The predicted octanol–water partition coefficient (Wildman–Crippen LogP) is 2.63. The number of hydrogen-bond donors (Lipinski definition) is 1. The molecule has 2 aromatic carbocycles. The topological polar surface area (TPSA) is 84.3 Å². The molecule has 0 aliphatic rings. The molecule has 0 radical (unpaired) electrons. The van der Waals surface area contributed by atoms with Gasteiger partial charge in [0.25, 0.3) is 0 Å². The van der Waals surface area contributed by atoms with Gasteiger partial charge in [-0.05, 0) is 30.7 Å². The molecule has 0 saturated heterocycles. The van der Waals surface area contributed by atoms with Gasteiger partial charge in [-0.2, -0.15) is 0 Å². The number of rotatable bonds is 7. The van der Waals surface area contributed by atoms with Gasteiger partial charge in [0.15, 0.2) is 0 Å². The number of nitrogens with zero attached hydrogens (tertiary/aromatic N) is 3. The van der Waals surface area contributed by atoms with Crippen LogP contribution >= 0.6 is 0 Å². The molecule has 1 atom stereocenters. The molecule has 0 unspecified atom stereocenters. The first kappa shape index (κ1) is 21.0. The molecule has 29 heavy (non-hydrogen) atoms. The third-order valence-corrected chi connectivity index (χ3v) is 6.79. The fraction of sp³-hybridized carbons (Fsp3) is 0.333. The maximum absolute atomic E-state index is 12.4. The predicted molar refractivity (Wildman–Crippen MR) is 113 cm³/mol. The van der Waals surface area contributed by atoms with Gasteiger partial charge in [0.1, 0.15) is 5.82 Å². The number of nitrogens with one attached hydrogen (secondary N) is 1. The van der Waals surface area contributed by atoms with E-state index in [1.165, 1.54) is 18.4 Å². The van der Waals surface area contributed by atoms with Gasteiger partial charge in [0, 0.05) is 34.0 Å². The number of aryl methyl sites for hydroxylation is 2. The number of fused-ring (bicyclic) bond motifs is 1. The zero-order chi connectivity index (χ0) is 21.2. The monoisotopic (exact) mass is 414 g/mol. The summed E-state index contributed by atoms with van der Waals surface area (Å²) in [6.45, 7) is 1.95. The molecular formula is C21H26N4O3S. The highest BCUT2D eigenvalue weighted by molar-refractivity contribution is 7.89. The summed E-state index contributed by atoms with van der Waals surface area (Å²) in [4.78, 5) is 17.1. The average Bonchev–Trinajstić information content (AvgIpc) is 3.02. The molecule has 1 heterocycles. The van der Waals surface area contributed by atoms with Crippen LogP contribution in [-0.2, 0) is 28.3 Å². The van der Waals surface area contributed by atoms with E-state index in [0.29, 0.717) is 18.4 Å². The second-order valence-corrected chi connectivity index (χ2v) is 9.38. The number of imidazole rings is 1. The van der Waals surface area contributed by atoms with Crippen LogP contribution in [0.15, 0.2) is 53.4 Å². The van der Waals surface area contributed by atoms with Crippen LogP contribution in [0.1, 0.15) is 30.8 Å². The van der Waals surface area contributed by atoms with Crippen LogP contribution in [0.5, 0.6) is 0 Å². The SMILES string of the molecule is C[C@@H](NC(=O)CCc1nc2cc(S(=O)(=O)N(C)C)ccc2n1C)c1ccccc1. The molecule has 0 saturated carbocycles. The van der Waals surface area contributed by atoms with Crippen molar-refractivity contribution in [2.24, 2.45) is 7.05 Å². The molecule has 3 aromatic rings. The minimum absolute atomic E-state index is 0.0516. The van der Waals surface area contributed by atoms with Crippen LogP contribution in [0, 0.1) is 0 Å². The zero-order valence-corrected chi connectivity index (χ0v) is 17.9. The van der Waals surface area contributed by atoms with E-state index >= 15 is 0 Å². The lowest BCUT2D eigenvalue weighted by molar-refractivity contribution is -0.121. The minimum Gasteiger partial charge on any atom is -0.350 e. The van der Waals surface area contributed by atoms with Gasteiger partial charge in [0.05, 0.1) is 22.0 Å². The molecule has 1 aromatic heterocycles. The third-order valence-electron chi connectivity index (χ3n) is 4.98. The molecule has 0 aliphatic heterocycles. The van der Waals surface area contributed by atoms with Crippen molar-refractivity contribution in [1.29, 1.82) is 0 Å². The van der Waals surface area contributed by atoms with Gasteiger partial charge in [-0.3, -0.25) is 4.79 Å². The smallest absolute Gasteiger partial charge is 0.242 e. The number of benzene rings is 2. The van der Waals surface area contributed by atoms with Gasteiger partial charge in [-0.1, -0.05) is 30.3 Å². The zero-order valence-electron chi connectivity index (χ0n) is 17.1. The summed E-state index contributed by atoms with van der Waals surface area (Å²) in [6.07, 6.45) is 0.769. The molecule has 0 fully saturated rings. The normalized spacial score (nSPS) is 13.0. The molecule has 8 heteroatoms. The van der Waals surface area contributed by atoms with E-state index in [-0.39, 0.29) is 16.8 Å². The maximum Gasteiger partial charge on any atom is 0.242 e. The summed E-state index contributed by atoms with van der Waals surface area (Å²) in [5.74, 6) is 0.686. The van der Waals surface area contributed by atoms with Crippen molar-refractivity contribution < 1.29 is 13.2 Å². The van der Waals surface area contributed by atoms with Crippen LogP contribution in [0.25, 0.3) is 11.0 Å². The Morgan fingerprint density at radius 3 is 2.52 bits per heavy atom. The van der Waals surface area contributed by atoms with Crippen LogP contribution in [-0.4, -0.2) is 42.3 Å². The quantitative estimate of drug-likeness (QED) is 0.644. The highest BCUT2D eigenvalue weighted by Crippen LogP contribution is 2.22. The molecule has 154 valence electrons. The molecule has 0 bridgehead atoms. The second-order valence-electron chi connectivity index (χ2n) is 7.22. The standard InChI is InChI=1S/C21H26N4O3S/c1-15(16-8-6-5-7-9-16)22-21(26)13-12-20-23-18-14-17(29(27,28)24(2)3)10-11-19(18)25(20)4/h5-11,14-15H,12-13H2,1-4H3,(H,22,26)/t15-/m1/s1. The number of sulfonamides is 1. The lowest BCUT2D eigenvalue weighted by Crippen LogP contribution is -2.27. The molecule has 1 N–H and O–H groups in total. The number of aromatic nitrogens is 2. The van der Waals surface area contributed by atoms with E-state index in [0.717, 1.165) is 16.9 Å². The number of carbonyl (C=O) groups is 1. The average molecular weight is 415 g/mol. The van der Waals surface area contributed by atoms with Gasteiger partial charge in [-0.25, -0.2) is 17.7 Å². The first-order chi connectivity index (χ1) is 13.7. The molecule has 1 amide bonds. The van der Waals surface area contributed by atoms with Crippen molar-refractivity contribution in [2.75, 3.05) is 14.1 Å². The molecule has 3 rings (SSSR count). The lowest BCUT2D eigenvalue weighted by atomic mass is 10.1. The van der Waals surface area contributed by atoms with Crippen LogP contribution in [0.2, 0.25) is 0 Å². The molecule has 7 nitrogen and oxygen atoms in total. The van der Waals surface area contributed by atoms with E-state index < -0.39 is 10.0 Å². The Bertz CT molecular complexity index is 1120. The summed E-state index contributed by atoms with van der Waals surface area (Å²) >= 11 is 0. The van der Waals surface area contributed by atoms with Gasteiger partial charge < -0.3 is 9.88 Å². The molecular weight excluding hydrogens is 388 g/mol. The first-order valence-corrected chi connectivity index (χ1v) is 10.9. The Kier molecular flexibility index (Phi) is 6.04. The van der Waals surface area contributed by atoms with Crippen molar-refractivity contribution in [3.8, 4) is 0 Å². The highest BCUT2D eigenvalue weighted by atomic mass is 32.2. The Hall–Kier alpha value is -2.71. The van der Waals surface area contributed by atoms with Crippen LogP contribution < -0.4 is 5.32 Å². The Morgan fingerprint density at radius 2 is 1.86 bits per heavy atom. The van der Waals surface area contributed by atoms with Crippen molar-refractivity contribution in [3.05, 3.63) is 59.9 Å². The first-order valence-electron chi connectivity index (χ1n) is 9.42. The van der Waals surface area contributed by atoms with Crippen LogP contribution in [0.4, 0.5) is 0 Å².